The van der Waals surface area contributed by atoms with Crippen LogP contribution in [0.1, 0.15) is 33.6 Å². The summed E-state index contributed by atoms with van der Waals surface area (Å²) in [4.78, 5) is 41.6. The van der Waals surface area contributed by atoms with Gasteiger partial charge in [0.05, 0.1) is 18.2 Å². The number of amides is 4. The number of carbonyl (C=O) groups is 3. The molecule has 0 aliphatic carbocycles. The van der Waals surface area contributed by atoms with E-state index in [0.717, 1.165) is 28.6 Å². The Labute approximate surface area is 190 Å². The van der Waals surface area contributed by atoms with Gasteiger partial charge in [-0.3, -0.25) is 19.9 Å². The lowest BCUT2D eigenvalue weighted by Crippen LogP contribution is -2.67. The van der Waals surface area contributed by atoms with Crippen LogP contribution in [-0.4, -0.2) is 47.6 Å². The normalized spacial score (nSPS) is 22.3. The number of carbonyl (C=O) groups excluding carboxylic acids is 3. The van der Waals surface area contributed by atoms with Gasteiger partial charge in [0.25, 0.3) is 11.8 Å². The van der Waals surface area contributed by atoms with Gasteiger partial charge in [0, 0.05) is 23.3 Å². The summed E-state index contributed by atoms with van der Waals surface area (Å²) < 4.78 is 5.42. The first kappa shape index (κ1) is 21.1. The number of para-hydroxylation sites is 1. The third-order valence-electron chi connectivity index (χ3n) is 6.29. The minimum atomic E-state index is -1.27. The van der Waals surface area contributed by atoms with Gasteiger partial charge in [-0.2, -0.15) is 0 Å². The molecule has 2 atom stereocenters. The number of aryl methyl sites for hydroxylation is 1. The average molecular weight is 444 g/mol. The summed E-state index contributed by atoms with van der Waals surface area (Å²) in [6.07, 6.45) is 1.15. The molecule has 2 aromatic carbocycles. The number of rotatable bonds is 4. The van der Waals surface area contributed by atoms with Crippen molar-refractivity contribution in [1.29, 1.82) is 0 Å². The highest BCUT2D eigenvalue weighted by molar-refractivity contribution is 6.08. The van der Waals surface area contributed by atoms with Gasteiger partial charge in [0.2, 0.25) is 0 Å². The monoisotopic (exact) mass is 444 g/mol. The zero-order valence-corrected chi connectivity index (χ0v) is 18.2. The molecule has 2 fully saturated rings. The predicted molar refractivity (Wildman–Crippen MR) is 122 cm³/mol. The summed E-state index contributed by atoms with van der Waals surface area (Å²) in [5.74, 6) is -0.778. The molecule has 8 heteroatoms. The molecule has 5 rings (SSSR count). The third kappa shape index (κ3) is 3.93. The molecule has 0 radical (unpaired) electrons. The zero-order valence-electron chi connectivity index (χ0n) is 18.2. The molecule has 0 unspecified atom stereocenters. The van der Waals surface area contributed by atoms with Gasteiger partial charge in [-0.25, -0.2) is 4.79 Å². The average Bonchev–Trinajstić information content (AvgIpc) is 3.08. The molecule has 168 valence electrons. The lowest BCUT2D eigenvalue weighted by atomic mass is 9.86. The van der Waals surface area contributed by atoms with E-state index in [1.807, 2.05) is 37.3 Å². The van der Waals surface area contributed by atoms with E-state index >= 15 is 0 Å². The van der Waals surface area contributed by atoms with E-state index in [2.05, 4.69) is 33.1 Å². The second-order valence-electron chi connectivity index (χ2n) is 8.56. The van der Waals surface area contributed by atoms with E-state index in [1.165, 1.54) is 5.56 Å². The summed E-state index contributed by atoms with van der Waals surface area (Å²) in [5, 5.41) is 8.91. The third-order valence-corrected chi connectivity index (χ3v) is 6.29. The highest BCUT2D eigenvalue weighted by Crippen LogP contribution is 2.25. The van der Waals surface area contributed by atoms with Gasteiger partial charge in [0.1, 0.15) is 0 Å². The fourth-order valence-corrected chi connectivity index (χ4v) is 4.61. The van der Waals surface area contributed by atoms with Crippen LogP contribution >= 0.6 is 0 Å². The maximum atomic E-state index is 12.9. The van der Waals surface area contributed by atoms with Crippen LogP contribution in [-0.2, 0) is 16.0 Å². The van der Waals surface area contributed by atoms with Crippen molar-refractivity contribution in [3.05, 3.63) is 77.0 Å². The molecule has 3 heterocycles. The number of benzene rings is 2. The lowest BCUT2D eigenvalue weighted by Gasteiger charge is -2.38. The van der Waals surface area contributed by atoms with Crippen LogP contribution in [0.5, 0.6) is 0 Å². The van der Waals surface area contributed by atoms with Crippen LogP contribution in [0.25, 0.3) is 10.9 Å². The van der Waals surface area contributed by atoms with E-state index in [1.54, 1.807) is 12.1 Å². The number of fused-ring (bicyclic) bond motifs is 1. The van der Waals surface area contributed by atoms with Gasteiger partial charge in [-0.05, 0) is 55.2 Å². The second-order valence-corrected chi connectivity index (χ2v) is 8.56. The number of pyridine rings is 1. The number of imide groups is 1. The molecule has 2 aliphatic heterocycles. The van der Waals surface area contributed by atoms with Gasteiger partial charge >= 0.3 is 6.03 Å². The number of hydrogen-bond donors (Lipinski definition) is 3. The first-order chi connectivity index (χ1) is 15.9. The Kier molecular flexibility index (Phi) is 5.30. The molecule has 33 heavy (non-hydrogen) atoms. The van der Waals surface area contributed by atoms with Crippen LogP contribution < -0.4 is 16.0 Å². The Morgan fingerprint density at radius 2 is 1.97 bits per heavy atom. The predicted octanol–water partition coefficient (Wildman–Crippen LogP) is 2.23. The van der Waals surface area contributed by atoms with Crippen molar-refractivity contribution in [2.24, 2.45) is 0 Å². The van der Waals surface area contributed by atoms with E-state index in [-0.39, 0.29) is 12.5 Å². The van der Waals surface area contributed by atoms with Crippen molar-refractivity contribution in [1.82, 2.24) is 20.9 Å². The van der Waals surface area contributed by atoms with E-state index in [0.29, 0.717) is 18.6 Å². The highest BCUT2D eigenvalue weighted by atomic mass is 16.5. The minimum absolute atomic E-state index is 0.0216. The fourth-order valence-electron chi connectivity index (χ4n) is 4.61. The van der Waals surface area contributed by atoms with Crippen molar-refractivity contribution in [2.45, 2.75) is 31.3 Å². The highest BCUT2D eigenvalue weighted by Gasteiger charge is 2.54. The summed E-state index contributed by atoms with van der Waals surface area (Å²) in [6.45, 7) is 2.40. The maximum absolute atomic E-state index is 12.9. The minimum Gasteiger partial charge on any atom is -0.378 e. The van der Waals surface area contributed by atoms with Gasteiger partial charge in [-0.15, -0.1) is 0 Å². The van der Waals surface area contributed by atoms with Crippen LogP contribution in [0.15, 0.2) is 54.6 Å². The van der Waals surface area contributed by atoms with Crippen LogP contribution in [0.2, 0.25) is 0 Å². The second kappa shape index (κ2) is 8.29. The van der Waals surface area contributed by atoms with Crippen molar-refractivity contribution in [3.8, 4) is 0 Å². The molecule has 3 aromatic rings. The van der Waals surface area contributed by atoms with E-state index < -0.39 is 23.5 Å². The van der Waals surface area contributed by atoms with Crippen molar-refractivity contribution in [3.63, 3.8) is 0 Å². The fraction of sp³-hybridized carbons (Fsp3) is 0.280. The Bertz CT molecular complexity index is 1260. The Hall–Kier alpha value is -3.78. The molecule has 3 N–H and O–H groups in total. The van der Waals surface area contributed by atoms with Crippen molar-refractivity contribution < 1.29 is 19.1 Å². The Balaban J connectivity index is 1.32. The Morgan fingerprint density at radius 3 is 2.73 bits per heavy atom. The van der Waals surface area contributed by atoms with Crippen molar-refractivity contribution >= 4 is 28.7 Å². The SMILES string of the molecule is Cc1cc(Cc2ccc(C(=O)N[C@H]3CCOC[C@]34NC(=O)NC4=O)cc2)c2ccccc2n1. The smallest absolute Gasteiger partial charge is 0.322 e. The van der Waals surface area contributed by atoms with Crippen LogP contribution in [0, 0.1) is 6.92 Å². The summed E-state index contributed by atoms with van der Waals surface area (Å²) >= 11 is 0. The molecule has 0 saturated carbocycles. The molecule has 2 saturated heterocycles. The molecular formula is C25H24N4O4. The largest absolute Gasteiger partial charge is 0.378 e. The summed E-state index contributed by atoms with van der Waals surface area (Å²) in [6, 6.07) is 16.4. The first-order valence-corrected chi connectivity index (χ1v) is 10.9. The summed E-state index contributed by atoms with van der Waals surface area (Å²) in [5.41, 5.74) is 3.41. The quantitative estimate of drug-likeness (QED) is 0.535. The number of urea groups is 1. The van der Waals surface area contributed by atoms with E-state index in [9.17, 15) is 14.4 Å². The van der Waals surface area contributed by atoms with Gasteiger partial charge in [-0.1, -0.05) is 30.3 Å². The number of aromatic nitrogens is 1. The van der Waals surface area contributed by atoms with Crippen LogP contribution in [0.3, 0.4) is 0 Å². The maximum Gasteiger partial charge on any atom is 0.322 e. The standard InChI is InChI=1S/C25H24N4O4/c1-15-12-18(19-4-2-3-5-20(19)26-15)13-16-6-8-17(9-7-16)22(30)27-21-10-11-33-14-25(21)23(31)28-24(32)29-25/h2-9,12,21H,10-11,13-14H2,1H3,(H,27,30)(H2,28,29,31,32)/t21-,25-/m0/s1. The zero-order chi connectivity index (χ0) is 23.0. The molecular weight excluding hydrogens is 420 g/mol. The van der Waals surface area contributed by atoms with Gasteiger partial charge < -0.3 is 15.4 Å². The number of ether oxygens (including phenoxy) is 1. The molecule has 0 bridgehead atoms. The number of nitrogens with zero attached hydrogens (tertiary/aromatic N) is 1. The first-order valence-electron chi connectivity index (χ1n) is 10.9. The van der Waals surface area contributed by atoms with Crippen LogP contribution in [0.4, 0.5) is 4.79 Å². The number of nitrogens with one attached hydrogen (secondary N) is 3. The van der Waals surface area contributed by atoms with E-state index in [4.69, 9.17) is 4.74 Å². The lowest BCUT2D eigenvalue weighted by molar-refractivity contribution is -0.130. The molecule has 2 aliphatic rings. The van der Waals surface area contributed by atoms with Gasteiger partial charge in [0.15, 0.2) is 5.54 Å². The molecule has 8 nitrogen and oxygen atoms in total. The summed E-state index contributed by atoms with van der Waals surface area (Å²) in [7, 11) is 0. The topological polar surface area (TPSA) is 109 Å². The Morgan fingerprint density at radius 1 is 1.18 bits per heavy atom. The number of hydrogen-bond acceptors (Lipinski definition) is 5. The van der Waals surface area contributed by atoms with Crippen molar-refractivity contribution in [2.75, 3.05) is 13.2 Å². The molecule has 1 spiro atoms. The molecule has 4 amide bonds. The molecule has 1 aromatic heterocycles.